The minimum atomic E-state index is -5.00. The Morgan fingerprint density at radius 3 is 1.85 bits per heavy atom. The molecule has 300 valence electrons. The predicted octanol–water partition coefficient (Wildman–Crippen LogP) is 4.97. The van der Waals surface area contributed by atoms with Crippen molar-refractivity contribution in [3.05, 3.63) is 36.8 Å². The van der Waals surface area contributed by atoms with Gasteiger partial charge in [-0.3, -0.25) is 4.40 Å². The smallest absolute Gasteiger partial charge is 0.444 e. The van der Waals surface area contributed by atoms with Gasteiger partial charge in [-0.1, -0.05) is 27.7 Å². The van der Waals surface area contributed by atoms with Crippen LogP contribution in [0.15, 0.2) is 31.0 Å². The fourth-order valence-electron chi connectivity index (χ4n) is 4.88. The minimum Gasteiger partial charge on any atom is -0.444 e. The summed E-state index contributed by atoms with van der Waals surface area (Å²) in [4.78, 5) is 67.6. The maximum Gasteiger partial charge on any atom is 0.453 e. The van der Waals surface area contributed by atoms with Crippen LogP contribution in [0.4, 0.5) is 22.8 Å². The fraction of sp³-hybridized carbons (Fsp3) is 0.559. The van der Waals surface area contributed by atoms with Crippen molar-refractivity contribution < 1.29 is 51.3 Å². The molecule has 0 fully saturated rings. The van der Waals surface area contributed by atoms with E-state index in [-0.39, 0.29) is 35.5 Å². The first-order chi connectivity index (χ1) is 25.4. The monoisotopic (exact) mass is 778 g/mol. The first-order valence-electron chi connectivity index (χ1n) is 17.1. The number of hydrogen-bond donors (Lipinski definition) is 2. The Kier molecular flexibility index (Phi) is 12.5. The Morgan fingerprint density at radius 2 is 1.35 bits per heavy atom. The Hall–Kier alpha value is -5.76. The summed E-state index contributed by atoms with van der Waals surface area (Å²) in [5, 5.41) is 8.52. The van der Waals surface area contributed by atoms with Gasteiger partial charge >= 0.3 is 30.3 Å². The molecule has 2 amide bonds. The van der Waals surface area contributed by atoms with Gasteiger partial charge in [0.1, 0.15) is 40.4 Å². The molecule has 0 saturated carbocycles. The standard InChI is InChI=1S/C34H45F3N10O8/c1-18(2)21(41-30(50)54-32(5,6)7)26(48)52-16-45-14-20(39-15-45)24-23(40-29-38-12-11-13-46(24)29)25-43-28(34(35,36)37)44-47(25)17-53-27(49)22(19(3)4)42-31(51)55-33(8,9)10/h11-15,18-19,21-22H,16-17H2,1-10H3,(H,41,50)(H,42,51)/t21-,22-/m0/s1. The number of nitrogens with zero attached hydrogens (tertiary/aromatic N) is 8. The van der Waals surface area contributed by atoms with Gasteiger partial charge in [0.2, 0.25) is 5.78 Å². The Labute approximate surface area is 314 Å². The molecule has 0 aliphatic carbocycles. The van der Waals surface area contributed by atoms with E-state index in [1.54, 1.807) is 81.5 Å². The number of halogens is 3. The van der Waals surface area contributed by atoms with Crippen molar-refractivity contribution in [2.45, 2.75) is 112 Å². The molecular weight excluding hydrogens is 733 g/mol. The highest BCUT2D eigenvalue weighted by molar-refractivity contribution is 5.82. The molecule has 0 saturated heterocycles. The molecule has 4 aromatic rings. The largest absolute Gasteiger partial charge is 0.453 e. The molecule has 21 heteroatoms. The highest BCUT2D eigenvalue weighted by atomic mass is 19.4. The van der Waals surface area contributed by atoms with Gasteiger partial charge in [-0.05, 0) is 59.4 Å². The lowest BCUT2D eigenvalue weighted by Crippen LogP contribution is -2.47. The summed E-state index contributed by atoms with van der Waals surface area (Å²) in [6.07, 6.45) is -0.971. The average Bonchev–Trinajstić information content (AvgIpc) is 3.78. The van der Waals surface area contributed by atoms with E-state index < -0.39 is 77.9 Å². The number of aromatic nitrogens is 8. The zero-order valence-corrected chi connectivity index (χ0v) is 32.1. The first-order valence-corrected chi connectivity index (χ1v) is 17.1. The molecule has 2 N–H and O–H groups in total. The number of alkyl halides is 3. The zero-order valence-electron chi connectivity index (χ0n) is 32.1. The summed E-state index contributed by atoms with van der Waals surface area (Å²) in [7, 11) is 0. The molecule has 18 nitrogen and oxygen atoms in total. The van der Waals surface area contributed by atoms with Gasteiger partial charge in [0, 0.05) is 18.6 Å². The van der Waals surface area contributed by atoms with Crippen molar-refractivity contribution in [3.63, 3.8) is 0 Å². The molecular formula is C34H45F3N10O8. The van der Waals surface area contributed by atoms with E-state index in [0.717, 1.165) is 0 Å². The maximum atomic E-state index is 14.0. The number of fused-ring (bicyclic) bond motifs is 1. The van der Waals surface area contributed by atoms with E-state index in [9.17, 15) is 32.3 Å². The fourth-order valence-corrected chi connectivity index (χ4v) is 4.88. The predicted molar refractivity (Wildman–Crippen MR) is 186 cm³/mol. The molecule has 0 unspecified atom stereocenters. The number of esters is 2. The van der Waals surface area contributed by atoms with Crippen LogP contribution in [0.25, 0.3) is 28.7 Å². The van der Waals surface area contributed by atoms with Gasteiger partial charge in [-0.25, -0.2) is 43.8 Å². The molecule has 4 aromatic heterocycles. The van der Waals surface area contributed by atoms with E-state index in [2.05, 4.69) is 35.7 Å². The second-order valence-corrected chi connectivity index (χ2v) is 15.0. The van der Waals surface area contributed by atoms with Gasteiger partial charge in [0.05, 0.1) is 6.33 Å². The van der Waals surface area contributed by atoms with E-state index in [4.69, 9.17) is 18.9 Å². The average molecular weight is 779 g/mol. The molecule has 55 heavy (non-hydrogen) atoms. The van der Waals surface area contributed by atoms with Crippen molar-refractivity contribution in [2.75, 3.05) is 0 Å². The van der Waals surface area contributed by atoms with E-state index in [1.165, 1.54) is 27.7 Å². The second kappa shape index (κ2) is 16.3. The number of carbonyl (C=O) groups excluding carboxylic acids is 4. The number of amides is 2. The maximum absolute atomic E-state index is 14.0. The number of imidazole rings is 2. The van der Waals surface area contributed by atoms with Crippen molar-refractivity contribution >= 4 is 29.9 Å². The van der Waals surface area contributed by atoms with Crippen LogP contribution in [-0.2, 0) is 48.2 Å². The Bertz CT molecular complexity index is 2010. The van der Waals surface area contributed by atoms with Gasteiger partial charge in [-0.15, -0.1) is 5.10 Å². The third kappa shape index (κ3) is 11.1. The van der Waals surface area contributed by atoms with Crippen molar-refractivity contribution in [2.24, 2.45) is 11.8 Å². The number of nitrogens with one attached hydrogen (secondary N) is 2. The number of ether oxygens (including phenoxy) is 4. The second-order valence-electron chi connectivity index (χ2n) is 15.0. The zero-order chi connectivity index (χ0) is 41.0. The molecule has 0 spiro atoms. The first kappa shape index (κ1) is 42.0. The minimum absolute atomic E-state index is 0.0583. The molecule has 4 heterocycles. The lowest BCUT2D eigenvalue weighted by molar-refractivity contribution is -0.152. The SMILES string of the molecule is CC(C)[C@H](NC(=O)OC(C)(C)C)C(=O)OCn1cnc(-c2c(-c3nc(C(F)(F)F)nn3COC(=O)[C@@H](NC(=O)OC(C)(C)C)C(C)C)nc3ncccn23)c1. The molecule has 0 bridgehead atoms. The Balaban J connectivity index is 1.64. The van der Waals surface area contributed by atoms with E-state index in [0.29, 0.717) is 4.68 Å². The van der Waals surface area contributed by atoms with E-state index in [1.807, 2.05) is 0 Å². The highest BCUT2D eigenvalue weighted by Gasteiger charge is 2.39. The van der Waals surface area contributed by atoms with Crippen LogP contribution in [0.3, 0.4) is 0 Å². The van der Waals surface area contributed by atoms with Crippen LogP contribution in [0.2, 0.25) is 0 Å². The summed E-state index contributed by atoms with van der Waals surface area (Å²) in [6.45, 7) is 15.4. The number of rotatable bonds is 12. The summed E-state index contributed by atoms with van der Waals surface area (Å²) >= 11 is 0. The van der Waals surface area contributed by atoms with Crippen molar-refractivity contribution in [3.8, 4) is 22.9 Å². The lowest BCUT2D eigenvalue weighted by Gasteiger charge is -2.24. The van der Waals surface area contributed by atoms with Gasteiger partial charge in [-0.2, -0.15) is 13.2 Å². The molecule has 4 rings (SSSR count). The summed E-state index contributed by atoms with van der Waals surface area (Å²) in [5.41, 5.74) is -1.54. The number of carbonyl (C=O) groups is 4. The summed E-state index contributed by atoms with van der Waals surface area (Å²) in [5.74, 6) is -4.51. The Morgan fingerprint density at radius 1 is 0.800 bits per heavy atom. The van der Waals surface area contributed by atoms with E-state index >= 15 is 0 Å². The molecule has 0 aliphatic rings. The number of alkyl carbamates (subject to hydrolysis) is 2. The van der Waals surface area contributed by atoms with Crippen LogP contribution >= 0.6 is 0 Å². The normalized spacial score (nSPS) is 13.4. The van der Waals surface area contributed by atoms with Crippen molar-refractivity contribution in [1.82, 2.24) is 49.3 Å². The van der Waals surface area contributed by atoms with Crippen LogP contribution in [0.5, 0.6) is 0 Å². The lowest BCUT2D eigenvalue weighted by atomic mass is 10.1. The van der Waals surface area contributed by atoms with Crippen LogP contribution in [-0.4, -0.2) is 86.1 Å². The van der Waals surface area contributed by atoms with Crippen molar-refractivity contribution in [1.29, 1.82) is 0 Å². The summed E-state index contributed by atoms with van der Waals surface area (Å²) in [6, 6.07) is -0.704. The molecule has 2 atom stereocenters. The molecule has 0 radical (unpaired) electrons. The third-order valence-electron chi connectivity index (χ3n) is 7.29. The molecule has 0 aliphatic heterocycles. The van der Waals surface area contributed by atoms with Gasteiger partial charge in [0.15, 0.2) is 19.3 Å². The number of hydrogen-bond acceptors (Lipinski definition) is 13. The van der Waals surface area contributed by atoms with Crippen LogP contribution in [0.1, 0.15) is 75.1 Å². The topological polar surface area (TPSA) is 208 Å². The third-order valence-corrected chi connectivity index (χ3v) is 7.29. The van der Waals surface area contributed by atoms with Crippen LogP contribution < -0.4 is 10.6 Å². The molecule has 0 aromatic carbocycles. The van der Waals surface area contributed by atoms with Crippen LogP contribution in [0, 0.1) is 11.8 Å². The summed E-state index contributed by atoms with van der Waals surface area (Å²) < 4.78 is 66.9. The van der Waals surface area contributed by atoms with Gasteiger partial charge < -0.3 is 34.1 Å². The van der Waals surface area contributed by atoms with Gasteiger partial charge in [0.25, 0.3) is 5.82 Å². The highest BCUT2D eigenvalue weighted by Crippen LogP contribution is 2.34. The quantitative estimate of drug-likeness (QED) is 0.144.